The number of para-hydroxylation sites is 1. The number of pyridine rings is 1. The van der Waals surface area contributed by atoms with Crippen molar-refractivity contribution in [2.75, 3.05) is 13.2 Å². The number of nitrogens with one attached hydrogen (secondary N) is 1. The maximum atomic E-state index is 6.03. The lowest BCUT2D eigenvalue weighted by Crippen LogP contribution is -2.37. The fourth-order valence-corrected chi connectivity index (χ4v) is 2.75. The van der Waals surface area contributed by atoms with E-state index in [1.54, 1.807) is 0 Å². The van der Waals surface area contributed by atoms with E-state index in [2.05, 4.69) is 21.4 Å². The van der Waals surface area contributed by atoms with E-state index in [9.17, 15) is 0 Å². The highest BCUT2D eigenvalue weighted by Crippen LogP contribution is 2.31. The Morgan fingerprint density at radius 3 is 3.04 bits per heavy atom. The molecule has 1 aromatic heterocycles. The van der Waals surface area contributed by atoms with Gasteiger partial charge in [-0.05, 0) is 25.1 Å². The van der Waals surface area contributed by atoms with Crippen LogP contribution in [0.25, 0.3) is 0 Å². The highest BCUT2D eigenvalue weighted by atomic mass is 16.5. The second-order valence-corrected chi connectivity index (χ2v) is 5.66. The van der Waals surface area contributed by atoms with Gasteiger partial charge in [-0.1, -0.05) is 24.3 Å². The van der Waals surface area contributed by atoms with Crippen LogP contribution in [0, 0.1) is 6.92 Å². The summed E-state index contributed by atoms with van der Waals surface area (Å²) in [5.41, 5.74) is 9.23. The summed E-state index contributed by atoms with van der Waals surface area (Å²) in [5, 5.41) is 3.30. The Labute approximate surface area is 136 Å². The SMILES string of the molecule is Cc1cccc(CCN=C(N)NC2CCOc3ccccc32)n1. The largest absolute Gasteiger partial charge is 0.493 e. The highest BCUT2D eigenvalue weighted by Gasteiger charge is 2.21. The topological polar surface area (TPSA) is 72.5 Å². The average molecular weight is 310 g/mol. The molecule has 3 N–H and O–H groups in total. The van der Waals surface area contributed by atoms with Gasteiger partial charge in [0, 0.05) is 36.3 Å². The molecule has 5 heteroatoms. The van der Waals surface area contributed by atoms with Crippen LogP contribution >= 0.6 is 0 Å². The van der Waals surface area contributed by atoms with Crippen molar-refractivity contribution < 1.29 is 4.74 Å². The first-order valence-electron chi connectivity index (χ1n) is 7.93. The number of hydrogen-bond donors (Lipinski definition) is 2. The van der Waals surface area contributed by atoms with Gasteiger partial charge in [-0.2, -0.15) is 0 Å². The molecule has 0 spiro atoms. The minimum Gasteiger partial charge on any atom is -0.493 e. The quantitative estimate of drug-likeness (QED) is 0.672. The lowest BCUT2D eigenvalue weighted by atomic mass is 10.0. The van der Waals surface area contributed by atoms with E-state index in [4.69, 9.17) is 10.5 Å². The summed E-state index contributed by atoms with van der Waals surface area (Å²) < 4.78 is 5.66. The van der Waals surface area contributed by atoms with Gasteiger partial charge >= 0.3 is 0 Å². The molecule has 0 amide bonds. The van der Waals surface area contributed by atoms with Crippen molar-refractivity contribution in [2.45, 2.75) is 25.8 Å². The van der Waals surface area contributed by atoms with E-state index in [-0.39, 0.29) is 6.04 Å². The van der Waals surface area contributed by atoms with Gasteiger partial charge in [-0.25, -0.2) is 0 Å². The number of fused-ring (bicyclic) bond motifs is 1. The van der Waals surface area contributed by atoms with Gasteiger partial charge in [0.25, 0.3) is 0 Å². The molecule has 0 radical (unpaired) electrons. The number of aromatic nitrogens is 1. The minimum atomic E-state index is 0.154. The summed E-state index contributed by atoms with van der Waals surface area (Å²) >= 11 is 0. The van der Waals surface area contributed by atoms with Crippen molar-refractivity contribution in [3.63, 3.8) is 0 Å². The van der Waals surface area contributed by atoms with Gasteiger partial charge in [0.15, 0.2) is 5.96 Å². The summed E-state index contributed by atoms with van der Waals surface area (Å²) in [5.74, 6) is 1.40. The van der Waals surface area contributed by atoms with Crippen LogP contribution in [0.5, 0.6) is 5.75 Å². The molecular formula is C18H22N4O. The Bertz CT molecular complexity index is 699. The van der Waals surface area contributed by atoms with Crippen LogP contribution in [0.2, 0.25) is 0 Å². The molecule has 23 heavy (non-hydrogen) atoms. The fourth-order valence-electron chi connectivity index (χ4n) is 2.75. The summed E-state index contributed by atoms with van der Waals surface area (Å²) in [6.07, 6.45) is 1.67. The molecule has 0 aliphatic carbocycles. The number of aliphatic imine (C=N–C) groups is 1. The predicted octanol–water partition coefficient (Wildman–Crippen LogP) is 2.36. The summed E-state index contributed by atoms with van der Waals surface area (Å²) in [6, 6.07) is 14.2. The van der Waals surface area contributed by atoms with Crippen molar-refractivity contribution in [1.82, 2.24) is 10.3 Å². The Morgan fingerprint density at radius 2 is 2.17 bits per heavy atom. The van der Waals surface area contributed by atoms with Crippen LogP contribution in [-0.4, -0.2) is 24.1 Å². The second kappa shape index (κ2) is 7.13. The third-order valence-electron chi connectivity index (χ3n) is 3.88. The molecule has 3 rings (SSSR count). The molecule has 2 heterocycles. The van der Waals surface area contributed by atoms with Gasteiger partial charge in [0.1, 0.15) is 5.75 Å². The van der Waals surface area contributed by atoms with Crippen molar-refractivity contribution in [2.24, 2.45) is 10.7 Å². The first-order valence-corrected chi connectivity index (χ1v) is 7.93. The third kappa shape index (κ3) is 4.00. The number of aryl methyl sites for hydroxylation is 1. The molecule has 0 fully saturated rings. The third-order valence-corrected chi connectivity index (χ3v) is 3.88. The molecular weight excluding hydrogens is 288 g/mol. The zero-order valence-electron chi connectivity index (χ0n) is 13.3. The molecule has 2 aromatic rings. The molecule has 1 atom stereocenters. The molecule has 1 aromatic carbocycles. The van der Waals surface area contributed by atoms with Crippen LogP contribution < -0.4 is 15.8 Å². The lowest BCUT2D eigenvalue weighted by Gasteiger charge is -2.26. The number of nitrogens with zero attached hydrogens (tertiary/aromatic N) is 2. The molecule has 5 nitrogen and oxygen atoms in total. The van der Waals surface area contributed by atoms with Gasteiger partial charge in [0.05, 0.1) is 12.6 Å². The molecule has 0 saturated carbocycles. The molecule has 0 bridgehead atoms. The monoisotopic (exact) mass is 310 g/mol. The highest BCUT2D eigenvalue weighted by molar-refractivity contribution is 5.78. The van der Waals surface area contributed by atoms with Gasteiger partial charge < -0.3 is 15.8 Å². The van der Waals surface area contributed by atoms with E-state index in [0.717, 1.165) is 35.5 Å². The maximum Gasteiger partial charge on any atom is 0.189 e. The van der Waals surface area contributed by atoms with E-state index < -0.39 is 0 Å². The fraction of sp³-hybridized carbons (Fsp3) is 0.333. The first-order chi connectivity index (χ1) is 11.2. The second-order valence-electron chi connectivity index (χ2n) is 5.66. The van der Waals surface area contributed by atoms with Crippen LogP contribution in [0.15, 0.2) is 47.5 Å². The van der Waals surface area contributed by atoms with Crippen molar-refractivity contribution in [3.8, 4) is 5.75 Å². The minimum absolute atomic E-state index is 0.154. The number of ether oxygens (including phenoxy) is 1. The van der Waals surface area contributed by atoms with E-state index in [1.807, 2.05) is 43.3 Å². The van der Waals surface area contributed by atoms with Crippen LogP contribution in [-0.2, 0) is 6.42 Å². The van der Waals surface area contributed by atoms with Crippen LogP contribution in [0.3, 0.4) is 0 Å². The number of nitrogens with two attached hydrogens (primary N) is 1. The van der Waals surface area contributed by atoms with Crippen LogP contribution in [0.4, 0.5) is 0 Å². The lowest BCUT2D eigenvalue weighted by molar-refractivity contribution is 0.262. The normalized spacial score (nSPS) is 17.3. The predicted molar refractivity (Wildman–Crippen MR) is 91.6 cm³/mol. The first kappa shape index (κ1) is 15.3. The number of rotatable bonds is 4. The van der Waals surface area contributed by atoms with Crippen LogP contribution in [0.1, 0.15) is 29.4 Å². The molecule has 1 unspecified atom stereocenters. The van der Waals surface area contributed by atoms with Gasteiger partial charge in [0.2, 0.25) is 0 Å². The number of hydrogen-bond acceptors (Lipinski definition) is 3. The molecule has 120 valence electrons. The summed E-state index contributed by atoms with van der Waals surface area (Å²) in [4.78, 5) is 8.89. The van der Waals surface area contributed by atoms with E-state index in [0.29, 0.717) is 19.1 Å². The van der Waals surface area contributed by atoms with Crippen molar-refractivity contribution >= 4 is 5.96 Å². The molecule has 0 saturated heterocycles. The Morgan fingerprint density at radius 1 is 1.30 bits per heavy atom. The zero-order chi connectivity index (χ0) is 16.1. The molecule has 1 aliphatic rings. The van der Waals surface area contributed by atoms with Gasteiger partial charge in [-0.15, -0.1) is 0 Å². The summed E-state index contributed by atoms with van der Waals surface area (Å²) in [6.45, 7) is 3.31. The smallest absolute Gasteiger partial charge is 0.189 e. The van der Waals surface area contributed by atoms with Gasteiger partial charge in [-0.3, -0.25) is 9.98 Å². The Hall–Kier alpha value is -2.56. The Balaban J connectivity index is 1.58. The van der Waals surface area contributed by atoms with Crippen molar-refractivity contribution in [3.05, 3.63) is 59.4 Å². The number of guanidine groups is 1. The molecule has 1 aliphatic heterocycles. The maximum absolute atomic E-state index is 6.03. The zero-order valence-corrected chi connectivity index (χ0v) is 13.3. The average Bonchev–Trinajstić information content (AvgIpc) is 2.55. The van der Waals surface area contributed by atoms with Crippen molar-refractivity contribution in [1.29, 1.82) is 0 Å². The summed E-state index contributed by atoms with van der Waals surface area (Å²) in [7, 11) is 0. The van der Waals surface area contributed by atoms with E-state index in [1.165, 1.54) is 0 Å². The number of benzene rings is 1. The Kier molecular flexibility index (Phi) is 4.76. The standard InChI is InChI=1S/C18H22N4O/c1-13-5-4-6-14(21-13)9-11-20-18(19)22-16-10-12-23-17-8-3-2-7-15(16)17/h2-8,16H,9-12H2,1H3,(H3,19,20,22). The van der Waals surface area contributed by atoms with E-state index >= 15 is 0 Å².